The van der Waals surface area contributed by atoms with Crippen LogP contribution in [0, 0.1) is 5.41 Å². The summed E-state index contributed by atoms with van der Waals surface area (Å²) in [6.45, 7) is 8.38. The quantitative estimate of drug-likeness (QED) is 0.657. The highest BCUT2D eigenvalue weighted by atomic mass is 35.5. The van der Waals surface area contributed by atoms with E-state index in [4.69, 9.17) is 44.4 Å². The summed E-state index contributed by atoms with van der Waals surface area (Å²) < 4.78 is 5.55. The monoisotopic (exact) mass is 393 g/mol. The Morgan fingerprint density at radius 1 is 1.33 bits per heavy atom. The number of halogens is 3. The zero-order valence-electron chi connectivity index (χ0n) is 14.5. The Hall–Kier alpha value is -0.680. The summed E-state index contributed by atoms with van der Waals surface area (Å²) in [5.74, 6) is 0.451. The molecule has 24 heavy (non-hydrogen) atoms. The van der Waals surface area contributed by atoms with Crippen LogP contribution in [0.5, 0.6) is 5.75 Å². The maximum absolute atomic E-state index is 11.9. The van der Waals surface area contributed by atoms with E-state index in [0.717, 1.165) is 11.1 Å². The van der Waals surface area contributed by atoms with Crippen molar-refractivity contribution in [1.29, 1.82) is 0 Å². The molecule has 0 N–H and O–H groups in total. The number of rotatable bonds is 4. The first-order chi connectivity index (χ1) is 11.1. The van der Waals surface area contributed by atoms with Gasteiger partial charge in [-0.1, -0.05) is 23.2 Å². The molecule has 1 aromatic carbocycles. The molecule has 1 aliphatic rings. The molecule has 1 heterocycles. The van der Waals surface area contributed by atoms with E-state index in [-0.39, 0.29) is 17.3 Å². The van der Waals surface area contributed by atoms with E-state index in [1.807, 2.05) is 27.7 Å². The minimum Gasteiger partial charge on any atom is -0.496 e. The molecule has 0 saturated carbocycles. The van der Waals surface area contributed by atoms with Crippen LogP contribution in [0.1, 0.15) is 50.1 Å². The molecule has 0 amide bonds. The minimum absolute atomic E-state index is 0.0630. The lowest BCUT2D eigenvalue weighted by atomic mass is 9.90. The second kappa shape index (κ2) is 7.28. The molecule has 4 nitrogen and oxygen atoms in total. The SMILES string of the molecule is COc1c(C(C)Cl)cc(Cl)c(Cl)c1C1CN(OC(=O)C(C)(C)C)C1. The average Bonchev–Trinajstić information content (AvgIpc) is 2.43. The fourth-order valence-corrected chi connectivity index (χ4v) is 3.16. The molecule has 0 radical (unpaired) electrons. The summed E-state index contributed by atoms with van der Waals surface area (Å²) in [5.41, 5.74) is 1.07. The van der Waals surface area contributed by atoms with Crippen LogP contribution in [-0.4, -0.2) is 31.2 Å². The number of alkyl halides is 1. The summed E-state index contributed by atoms with van der Waals surface area (Å²) in [7, 11) is 1.59. The highest BCUT2D eigenvalue weighted by Crippen LogP contribution is 2.46. The molecule has 134 valence electrons. The van der Waals surface area contributed by atoms with Crippen LogP contribution in [0.2, 0.25) is 10.0 Å². The van der Waals surface area contributed by atoms with E-state index in [2.05, 4.69) is 0 Å². The van der Waals surface area contributed by atoms with Gasteiger partial charge in [-0.3, -0.25) is 0 Å². The average molecular weight is 395 g/mol. The molecule has 0 aromatic heterocycles. The lowest BCUT2D eigenvalue weighted by Crippen LogP contribution is -2.47. The summed E-state index contributed by atoms with van der Waals surface area (Å²) in [6, 6.07) is 1.74. The summed E-state index contributed by atoms with van der Waals surface area (Å²) in [6.07, 6.45) is 0. The van der Waals surface area contributed by atoms with Crippen molar-refractivity contribution >= 4 is 40.8 Å². The highest BCUT2D eigenvalue weighted by molar-refractivity contribution is 6.42. The number of hydrogen-bond acceptors (Lipinski definition) is 4. The van der Waals surface area contributed by atoms with Crippen LogP contribution >= 0.6 is 34.8 Å². The van der Waals surface area contributed by atoms with E-state index in [1.165, 1.54) is 0 Å². The fourth-order valence-electron chi connectivity index (χ4n) is 2.49. The van der Waals surface area contributed by atoms with Gasteiger partial charge in [0.15, 0.2) is 0 Å². The predicted octanol–water partition coefficient (Wildman–Crippen LogP) is 5.21. The lowest BCUT2D eigenvalue weighted by molar-refractivity contribution is -0.220. The number of ether oxygens (including phenoxy) is 1. The zero-order valence-corrected chi connectivity index (χ0v) is 16.7. The van der Waals surface area contributed by atoms with Crippen molar-refractivity contribution in [1.82, 2.24) is 5.06 Å². The van der Waals surface area contributed by atoms with Crippen LogP contribution in [-0.2, 0) is 9.63 Å². The van der Waals surface area contributed by atoms with E-state index in [0.29, 0.717) is 28.9 Å². The summed E-state index contributed by atoms with van der Waals surface area (Å²) in [5, 5.41) is 2.27. The number of benzene rings is 1. The molecular formula is C17H22Cl3NO3. The number of methoxy groups -OCH3 is 1. The van der Waals surface area contributed by atoms with Gasteiger partial charge in [-0.25, -0.2) is 4.79 Å². The second-order valence-corrected chi connectivity index (χ2v) is 8.44. The van der Waals surface area contributed by atoms with E-state index in [1.54, 1.807) is 18.2 Å². The smallest absolute Gasteiger partial charge is 0.330 e. The molecule has 0 aliphatic carbocycles. The van der Waals surface area contributed by atoms with Crippen molar-refractivity contribution in [2.45, 2.75) is 39.0 Å². The topological polar surface area (TPSA) is 38.8 Å². The maximum atomic E-state index is 11.9. The van der Waals surface area contributed by atoms with Gasteiger partial charge in [0.25, 0.3) is 0 Å². The third-order valence-corrected chi connectivity index (χ3v) is 4.99. The Morgan fingerprint density at radius 3 is 2.38 bits per heavy atom. The normalized spacial score (nSPS) is 17.3. The first kappa shape index (κ1) is 19.6. The number of hydrogen-bond donors (Lipinski definition) is 0. The van der Waals surface area contributed by atoms with E-state index in [9.17, 15) is 4.79 Å². The standard InChI is InChI=1S/C17H22Cl3NO3/c1-9(18)11-6-12(19)14(20)13(15(11)23-5)10-7-21(8-10)24-16(22)17(2,3)4/h6,9-10H,7-8H2,1-5H3. The molecule has 7 heteroatoms. The van der Waals surface area contributed by atoms with Gasteiger partial charge in [-0.15, -0.1) is 16.7 Å². The summed E-state index contributed by atoms with van der Waals surface area (Å²) >= 11 is 18.9. The van der Waals surface area contributed by atoms with Gasteiger partial charge in [0.1, 0.15) is 5.75 Å². The molecule has 1 atom stereocenters. The largest absolute Gasteiger partial charge is 0.496 e. The minimum atomic E-state index is -0.544. The molecule has 1 fully saturated rings. The Labute approximate surface area is 157 Å². The molecule has 1 unspecified atom stereocenters. The Morgan fingerprint density at radius 2 is 1.92 bits per heavy atom. The number of carbonyl (C=O) groups excluding carboxylic acids is 1. The van der Waals surface area contributed by atoms with Crippen molar-refractivity contribution in [2.75, 3.05) is 20.2 Å². The van der Waals surface area contributed by atoms with Crippen molar-refractivity contribution in [2.24, 2.45) is 5.41 Å². The lowest BCUT2D eigenvalue weighted by Gasteiger charge is -2.39. The van der Waals surface area contributed by atoms with Crippen LogP contribution in [0.3, 0.4) is 0 Å². The highest BCUT2D eigenvalue weighted by Gasteiger charge is 2.38. The molecular weight excluding hydrogens is 373 g/mol. The van der Waals surface area contributed by atoms with Crippen molar-refractivity contribution in [3.8, 4) is 5.75 Å². The van der Waals surface area contributed by atoms with E-state index >= 15 is 0 Å². The Balaban J connectivity index is 2.21. The molecule has 1 aromatic rings. The van der Waals surface area contributed by atoms with Crippen molar-refractivity contribution in [3.63, 3.8) is 0 Å². The molecule has 1 saturated heterocycles. The Kier molecular flexibility index (Phi) is 5.96. The second-order valence-electron chi connectivity index (χ2n) is 7.00. The Bertz CT molecular complexity index is 635. The van der Waals surface area contributed by atoms with Gasteiger partial charge >= 0.3 is 5.97 Å². The fraction of sp³-hybridized carbons (Fsp3) is 0.588. The molecule has 0 bridgehead atoms. The molecule has 1 aliphatic heterocycles. The van der Waals surface area contributed by atoms with Crippen molar-refractivity contribution in [3.05, 3.63) is 27.2 Å². The zero-order chi connectivity index (χ0) is 18.2. The van der Waals surface area contributed by atoms with Crippen molar-refractivity contribution < 1.29 is 14.4 Å². The molecule has 2 rings (SSSR count). The van der Waals surface area contributed by atoms with Gasteiger partial charge < -0.3 is 9.57 Å². The van der Waals surface area contributed by atoms with Gasteiger partial charge in [0, 0.05) is 30.1 Å². The first-order valence-electron chi connectivity index (χ1n) is 7.73. The van der Waals surface area contributed by atoms with Gasteiger partial charge in [-0.05, 0) is 33.8 Å². The van der Waals surface area contributed by atoms with Crippen LogP contribution in [0.4, 0.5) is 0 Å². The van der Waals surface area contributed by atoms with E-state index < -0.39 is 5.41 Å². The third kappa shape index (κ3) is 3.93. The van der Waals surface area contributed by atoms with Crippen LogP contribution < -0.4 is 4.74 Å². The first-order valence-corrected chi connectivity index (χ1v) is 8.92. The third-order valence-electron chi connectivity index (χ3n) is 3.95. The molecule has 0 spiro atoms. The number of hydroxylamine groups is 2. The maximum Gasteiger partial charge on any atom is 0.330 e. The number of nitrogens with zero attached hydrogens (tertiary/aromatic N) is 1. The summed E-state index contributed by atoms with van der Waals surface area (Å²) in [4.78, 5) is 17.3. The van der Waals surface area contributed by atoms with Crippen LogP contribution in [0.15, 0.2) is 6.07 Å². The van der Waals surface area contributed by atoms with Gasteiger partial charge in [-0.2, -0.15) is 0 Å². The predicted molar refractivity (Wildman–Crippen MR) is 97.1 cm³/mol. The van der Waals surface area contributed by atoms with Gasteiger partial charge in [0.2, 0.25) is 0 Å². The van der Waals surface area contributed by atoms with Gasteiger partial charge in [0.05, 0.1) is 27.9 Å². The van der Waals surface area contributed by atoms with Crippen LogP contribution in [0.25, 0.3) is 0 Å². The number of carbonyl (C=O) groups is 1.